The second-order valence-electron chi connectivity index (χ2n) is 11.2. The third-order valence-corrected chi connectivity index (χ3v) is 6.73. The second-order valence-corrected chi connectivity index (χ2v) is 11.2. The molecular formula is C27H36F3N3O7. The quantitative estimate of drug-likeness (QED) is 0.463. The number of hydrogen-bond acceptors (Lipinski definition) is 6. The van der Waals surface area contributed by atoms with Crippen LogP contribution in [0.2, 0.25) is 0 Å². The number of alkyl halides is 3. The number of amides is 3. The Labute approximate surface area is 230 Å². The molecule has 0 bridgehead atoms. The summed E-state index contributed by atoms with van der Waals surface area (Å²) >= 11 is 0. The highest BCUT2D eigenvalue weighted by molar-refractivity contribution is 5.90. The molecular weight excluding hydrogens is 535 g/mol. The van der Waals surface area contributed by atoms with Crippen LogP contribution in [-0.4, -0.2) is 82.5 Å². The number of benzene rings is 1. The molecule has 0 spiro atoms. The largest absolute Gasteiger partial charge is 0.573 e. The molecule has 1 aromatic rings. The van der Waals surface area contributed by atoms with Gasteiger partial charge in [0.05, 0.1) is 0 Å². The van der Waals surface area contributed by atoms with Gasteiger partial charge in [-0.3, -0.25) is 9.59 Å². The van der Waals surface area contributed by atoms with Gasteiger partial charge in [0.1, 0.15) is 23.4 Å². The zero-order chi connectivity index (χ0) is 29.7. The summed E-state index contributed by atoms with van der Waals surface area (Å²) in [6.45, 7) is 6.31. The Morgan fingerprint density at radius 1 is 1.07 bits per heavy atom. The number of carboxylic acids is 1. The maximum absolute atomic E-state index is 13.6. The van der Waals surface area contributed by atoms with Gasteiger partial charge >= 0.3 is 18.4 Å². The van der Waals surface area contributed by atoms with Gasteiger partial charge in [-0.2, -0.15) is 0 Å². The molecule has 2 N–H and O–H groups in total. The number of carbonyl (C=O) groups is 4. The first kappa shape index (κ1) is 31.0. The molecule has 2 unspecified atom stereocenters. The number of alkyl carbamates (subject to hydrolysis) is 1. The smallest absolute Gasteiger partial charge is 0.480 e. The van der Waals surface area contributed by atoms with Gasteiger partial charge in [0, 0.05) is 26.1 Å². The fourth-order valence-electron chi connectivity index (χ4n) is 5.01. The molecule has 1 aromatic carbocycles. The molecule has 222 valence electrons. The van der Waals surface area contributed by atoms with E-state index in [1.807, 2.05) is 0 Å². The molecule has 10 nitrogen and oxygen atoms in total. The molecule has 0 saturated carbocycles. The van der Waals surface area contributed by atoms with Gasteiger partial charge in [0.25, 0.3) is 0 Å². The van der Waals surface area contributed by atoms with Crippen molar-refractivity contribution in [3.63, 3.8) is 0 Å². The molecule has 0 aromatic heterocycles. The van der Waals surface area contributed by atoms with Crippen molar-refractivity contribution < 1.29 is 46.9 Å². The van der Waals surface area contributed by atoms with Crippen molar-refractivity contribution in [2.24, 2.45) is 5.92 Å². The zero-order valence-electron chi connectivity index (χ0n) is 22.8. The Hall–Kier alpha value is -3.51. The van der Waals surface area contributed by atoms with E-state index >= 15 is 0 Å². The molecule has 3 atom stereocenters. The number of hydrogen-bond donors (Lipinski definition) is 2. The average molecular weight is 572 g/mol. The van der Waals surface area contributed by atoms with E-state index in [1.54, 1.807) is 25.7 Å². The molecule has 2 aliphatic rings. The number of ether oxygens (including phenoxy) is 2. The van der Waals surface area contributed by atoms with E-state index in [9.17, 15) is 37.5 Å². The molecule has 40 heavy (non-hydrogen) atoms. The minimum atomic E-state index is -4.81. The molecule has 0 radical (unpaired) electrons. The Morgan fingerprint density at radius 2 is 1.70 bits per heavy atom. The summed E-state index contributed by atoms with van der Waals surface area (Å²) in [4.78, 5) is 53.7. The Kier molecular flexibility index (Phi) is 9.91. The number of rotatable bonds is 9. The lowest BCUT2D eigenvalue weighted by Gasteiger charge is -2.29. The lowest BCUT2D eigenvalue weighted by molar-refractivity contribution is -0.274. The van der Waals surface area contributed by atoms with Gasteiger partial charge in [0.2, 0.25) is 11.8 Å². The summed E-state index contributed by atoms with van der Waals surface area (Å²) in [6, 6.07) is 2.92. The van der Waals surface area contributed by atoms with Crippen molar-refractivity contribution in [2.75, 3.05) is 19.6 Å². The van der Waals surface area contributed by atoms with E-state index < -0.39 is 42.0 Å². The summed E-state index contributed by atoms with van der Waals surface area (Å²) in [5.41, 5.74) is -0.191. The van der Waals surface area contributed by atoms with Crippen LogP contribution in [0.25, 0.3) is 0 Å². The molecule has 13 heteroatoms. The first-order chi connectivity index (χ1) is 18.6. The van der Waals surface area contributed by atoms with Crippen LogP contribution in [0.1, 0.15) is 58.4 Å². The number of carboxylic acid groups (broad SMARTS) is 1. The zero-order valence-corrected chi connectivity index (χ0v) is 22.8. The Bertz CT molecular complexity index is 1070. The number of halogens is 3. The molecule has 2 heterocycles. The van der Waals surface area contributed by atoms with Crippen molar-refractivity contribution >= 4 is 23.9 Å². The first-order valence-corrected chi connectivity index (χ1v) is 13.3. The van der Waals surface area contributed by atoms with Gasteiger partial charge in [-0.25, -0.2) is 9.59 Å². The minimum Gasteiger partial charge on any atom is -0.480 e. The van der Waals surface area contributed by atoms with Gasteiger partial charge in [-0.05, 0) is 76.5 Å². The lowest BCUT2D eigenvalue weighted by atomic mass is 9.97. The van der Waals surface area contributed by atoms with Crippen LogP contribution in [0.15, 0.2) is 24.3 Å². The number of carbonyl (C=O) groups excluding carboxylic acids is 3. The first-order valence-electron chi connectivity index (χ1n) is 13.3. The highest BCUT2D eigenvalue weighted by atomic mass is 19.4. The maximum atomic E-state index is 13.6. The van der Waals surface area contributed by atoms with E-state index in [-0.39, 0.29) is 43.4 Å². The standard InChI is InChI=1S/C27H36F3N3O7/c1-26(2,3)40-25(38)31-20(10-11-22(34)32-12-4-5-13-32)23(35)33-16-18(15-21(33)24(36)37)14-17-6-8-19(9-7-17)39-27(28,29)30/h6-9,18,20-21H,4-5,10-16H2,1-3H3,(H,31,38)(H,36,37)/t18?,20?,21-/m0/s1. The van der Waals surface area contributed by atoms with E-state index in [1.165, 1.54) is 29.2 Å². The molecule has 2 aliphatic heterocycles. The van der Waals surface area contributed by atoms with Gasteiger partial charge in [-0.15, -0.1) is 13.2 Å². The molecule has 0 aliphatic carbocycles. The fraction of sp³-hybridized carbons (Fsp3) is 0.630. The normalized spacial score (nSPS) is 20.2. The molecule has 2 fully saturated rings. The van der Waals surface area contributed by atoms with Crippen LogP contribution in [0.5, 0.6) is 5.75 Å². The van der Waals surface area contributed by atoms with Crippen molar-refractivity contribution in [1.82, 2.24) is 15.1 Å². The van der Waals surface area contributed by atoms with E-state index in [2.05, 4.69) is 10.1 Å². The van der Waals surface area contributed by atoms with Crippen molar-refractivity contribution in [3.8, 4) is 5.75 Å². The molecule has 3 amide bonds. The highest BCUT2D eigenvalue weighted by Crippen LogP contribution is 2.29. The van der Waals surface area contributed by atoms with Crippen LogP contribution in [0, 0.1) is 5.92 Å². The molecule has 3 rings (SSSR count). The van der Waals surface area contributed by atoms with Crippen LogP contribution in [0.3, 0.4) is 0 Å². The van der Waals surface area contributed by atoms with Crippen molar-refractivity contribution in [1.29, 1.82) is 0 Å². The van der Waals surface area contributed by atoms with E-state index in [4.69, 9.17) is 4.74 Å². The summed E-state index contributed by atoms with van der Waals surface area (Å²) in [6.07, 6.45) is -3.47. The monoisotopic (exact) mass is 571 g/mol. The third-order valence-electron chi connectivity index (χ3n) is 6.73. The van der Waals surface area contributed by atoms with Crippen molar-refractivity contribution in [3.05, 3.63) is 29.8 Å². The Balaban J connectivity index is 1.71. The van der Waals surface area contributed by atoms with Gasteiger partial charge < -0.3 is 29.7 Å². The van der Waals surface area contributed by atoms with Crippen LogP contribution in [-0.2, 0) is 25.5 Å². The minimum absolute atomic E-state index is 0.00639. The lowest BCUT2D eigenvalue weighted by Crippen LogP contribution is -2.52. The van der Waals surface area contributed by atoms with Crippen LogP contribution >= 0.6 is 0 Å². The number of nitrogens with zero attached hydrogens (tertiary/aromatic N) is 2. The fourth-order valence-corrected chi connectivity index (χ4v) is 5.01. The van der Waals surface area contributed by atoms with Crippen LogP contribution < -0.4 is 10.1 Å². The predicted octanol–water partition coefficient (Wildman–Crippen LogP) is 3.73. The van der Waals surface area contributed by atoms with E-state index in [0.29, 0.717) is 25.1 Å². The van der Waals surface area contributed by atoms with E-state index in [0.717, 1.165) is 12.8 Å². The topological polar surface area (TPSA) is 125 Å². The summed E-state index contributed by atoms with van der Waals surface area (Å²) in [5.74, 6) is -2.67. The maximum Gasteiger partial charge on any atom is 0.573 e. The summed E-state index contributed by atoms with van der Waals surface area (Å²) in [7, 11) is 0. The summed E-state index contributed by atoms with van der Waals surface area (Å²) in [5, 5.41) is 12.4. The van der Waals surface area contributed by atoms with Gasteiger partial charge in [-0.1, -0.05) is 12.1 Å². The number of likely N-dealkylation sites (tertiary alicyclic amines) is 2. The predicted molar refractivity (Wildman–Crippen MR) is 136 cm³/mol. The summed E-state index contributed by atoms with van der Waals surface area (Å²) < 4.78 is 46.5. The molecule has 2 saturated heterocycles. The SMILES string of the molecule is CC(C)(C)OC(=O)NC(CCC(=O)N1CCCC1)C(=O)N1CC(Cc2ccc(OC(F)(F)F)cc2)C[C@H]1C(=O)O. The van der Waals surface area contributed by atoms with Crippen LogP contribution in [0.4, 0.5) is 18.0 Å². The average Bonchev–Trinajstić information content (AvgIpc) is 3.51. The van der Waals surface area contributed by atoms with Crippen molar-refractivity contribution in [2.45, 2.75) is 83.3 Å². The highest BCUT2D eigenvalue weighted by Gasteiger charge is 2.42. The number of aliphatic carboxylic acids is 1. The third kappa shape index (κ3) is 9.30. The second kappa shape index (κ2) is 12.8. The Morgan fingerprint density at radius 3 is 2.25 bits per heavy atom. The van der Waals surface area contributed by atoms with Gasteiger partial charge in [0.15, 0.2) is 0 Å². The number of nitrogens with one attached hydrogen (secondary N) is 1.